The van der Waals surface area contributed by atoms with Crippen LogP contribution in [0, 0.1) is 17.5 Å². The largest absolute Gasteiger partial charge is 0.469 e. The summed E-state index contributed by atoms with van der Waals surface area (Å²) in [6.07, 6.45) is 2.06. The van der Waals surface area contributed by atoms with Crippen molar-refractivity contribution in [1.29, 1.82) is 0 Å². The van der Waals surface area contributed by atoms with Crippen LogP contribution in [0.5, 0.6) is 0 Å². The van der Waals surface area contributed by atoms with Gasteiger partial charge in [0.25, 0.3) is 0 Å². The molecule has 0 aliphatic heterocycles. The molecule has 2 nitrogen and oxygen atoms in total. The molecule has 18 heavy (non-hydrogen) atoms. The van der Waals surface area contributed by atoms with Gasteiger partial charge in [-0.15, -0.1) is 0 Å². The molecule has 1 atom stereocenters. The lowest BCUT2D eigenvalue weighted by molar-refractivity contribution is 0.447. The number of benzene rings is 1. The van der Waals surface area contributed by atoms with Crippen molar-refractivity contribution >= 4 is 5.69 Å². The molecule has 1 N–H and O–H groups in total. The molecule has 0 saturated carbocycles. The smallest absolute Gasteiger partial charge is 0.196 e. The van der Waals surface area contributed by atoms with Crippen molar-refractivity contribution in [3.63, 3.8) is 0 Å². The lowest BCUT2D eigenvalue weighted by Crippen LogP contribution is -2.19. The fourth-order valence-corrected chi connectivity index (χ4v) is 1.68. The van der Waals surface area contributed by atoms with E-state index in [9.17, 15) is 13.2 Å². The Kier molecular flexibility index (Phi) is 3.60. The van der Waals surface area contributed by atoms with Crippen molar-refractivity contribution in [1.82, 2.24) is 0 Å². The molecular formula is C13H12F3NO. The van der Waals surface area contributed by atoms with Gasteiger partial charge in [0.15, 0.2) is 17.5 Å². The fraction of sp³-hybridized carbons (Fsp3) is 0.231. The highest BCUT2D eigenvalue weighted by atomic mass is 19.2. The Morgan fingerprint density at radius 1 is 1.17 bits per heavy atom. The molecule has 96 valence electrons. The molecule has 0 bridgehead atoms. The van der Waals surface area contributed by atoms with E-state index in [4.69, 9.17) is 4.42 Å². The van der Waals surface area contributed by atoms with Crippen molar-refractivity contribution < 1.29 is 17.6 Å². The third kappa shape index (κ3) is 2.67. The summed E-state index contributed by atoms with van der Waals surface area (Å²) in [6, 6.07) is 5.43. The van der Waals surface area contributed by atoms with Gasteiger partial charge in [0.05, 0.1) is 12.0 Å². The summed E-state index contributed by atoms with van der Waals surface area (Å²) in [4.78, 5) is 0. The molecule has 1 heterocycles. The molecule has 1 aromatic carbocycles. The van der Waals surface area contributed by atoms with E-state index in [2.05, 4.69) is 5.32 Å². The van der Waals surface area contributed by atoms with Crippen LogP contribution in [0.3, 0.4) is 0 Å². The van der Waals surface area contributed by atoms with E-state index in [1.807, 2.05) is 0 Å². The van der Waals surface area contributed by atoms with Gasteiger partial charge in [-0.25, -0.2) is 13.2 Å². The van der Waals surface area contributed by atoms with Crippen molar-refractivity contribution in [2.75, 3.05) is 5.32 Å². The number of halogens is 3. The summed E-state index contributed by atoms with van der Waals surface area (Å²) in [6.45, 7) is 1.79. The normalized spacial score (nSPS) is 12.4. The van der Waals surface area contributed by atoms with Crippen molar-refractivity contribution in [2.45, 2.75) is 19.4 Å². The Labute approximate surface area is 102 Å². The summed E-state index contributed by atoms with van der Waals surface area (Å²) in [5.74, 6) is -3.14. The zero-order valence-electron chi connectivity index (χ0n) is 9.71. The Bertz CT molecular complexity index is 525. The molecule has 2 aromatic rings. The lowest BCUT2D eigenvalue weighted by Gasteiger charge is -2.14. The van der Waals surface area contributed by atoms with Crippen LogP contribution in [0.15, 0.2) is 34.9 Å². The molecule has 0 radical (unpaired) electrons. The maximum absolute atomic E-state index is 13.4. The minimum absolute atomic E-state index is 0.0621. The second-order valence-electron chi connectivity index (χ2n) is 4.05. The first-order chi connectivity index (χ1) is 8.58. The minimum atomic E-state index is -1.47. The Morgan fingerprint density at radius 2 is 1.94 bits per heavy atom. The monoisotopic (exact) mass is 255 g/mol. The van der Waals surface area contributed by atoms with E-state index in [1.54, 1.807) is 25.3 Å². The number of rotatable bonds is 4. The van der Waals surface area contributed by atoms with Gasteiger partial charge in [-0.2, -0.15) is 0 Å². The first-order valence-corrected chi connectivity index (χ1v) is 5.50. The maximum Gasteiger partial charge on any atom is 0.196 e. The van der Waals surface area contributed by atoms with Crippen LogP contribution in [-0.4, -0.2) is 6.04 Å². The molecule has 0 fully saturated rings. The molecule has 1 aromatic heterocycles. The number of nitrogens with one attached hydrogen (secondary N) is 1. The summed E-state index contributed by atoms with van der Waals surface area (Å²) >= 11 is 0. The fourth-order valence-electron chi connectivity index (χ4n) is 1.68. The summed E-state index contributed by atoms with van der Waals surface area (Å²) in [7, 11) is 0. The van der Waals surface area contributed by atoms with Gasteiger partial charge < -0.3 is 9.73 Å². The van der Waals surface area contributed by atoms with E-state index in [0.717, 1.165) is 11.8 Å². The highest BCUT2D eigenvalue weighted by Gasteiger charge is 2.15. The summed E-state index contributed by atoms with van der Waals surface area (Å²) in [5, 5.41) is 2.77. The van der Waals surface area contributed by atoms with E-state index < -0.39 is 17.5 Å². The molecular weight excluding hydrogens is 243 g/mol. The second-order valence-corrected chi connectivity index (χ2v) is 4.05. The van der Waals surface area contributed by atoms with Crippen molar-refractivity contribution in [3.8, 4) is 0 Å². The van der Waals surface area contributed by atoms with E-state index >= 15 is 0 Å². The van der Waals surface area contributed by atoms with E-state index in [-0.39, 0.29) is 11.7 Å². The van der Waals surface area contributed by atoms with Crippen LogP contribution < -0.4 is 5.32 Å². The van der Waals surface area contributed by atoms with Gasteiger partial charge in [0.1, 0.15) is 5.76 Å². The van der Waals surface area contributed by atoms with E-state index in [0.29, 0.717) is 6.42 Å². The van der Waals surface area contributed by atoms with Gasteiger partial charge >= 0.3 is 0 Å². The SMILES string of the molecule is CC(Cc1ccco1)Nc1ccc(F)c(F)c1F. The van der Waals surface area contributed by atoms with Crippen LogP contribution in [-0.2, 0) is 6.42 Å². The molecule has 0 saturated heterocycles. The quantitative estimate of drug-likeness (QED) is 0.842. The minimum Gasteiger partial charge on any atom is -0.469 e. The highest BCUT2D eigenvalue weighted by molar-refractivity contribution is 5.46. The number of furan rings is 1. The Morgan fingerprint density at radius 3 is 2.61 bits per heavy atom. The molecule has 0 amide bonds. The van der Waals surface area contributed by atoms with Gasteiger partial charge in [-0.1, -0.05) is 0 Å². The molecule has 2 rings (SSSR count). The average molecular weight is 255 g/mol. The first-order valence-electron chi connectivity index (χ1n) is 5.50. The van der Waals surface area contributed by atoms with Crippen LogP contribution in [0.2, 0.25) is 0 Å². The number of anilines is 1. The van der Waals surface area contributed by atoms with Crippen molar-refractivity contribution in [3.05, 3.63) is 53.7 Å². The van der Waals surface area contributed by atoms with E-state index in [1.165, 1.54) is 6.07 Å². The Hall–Kier alpha value is -1.91. The summed E-state index contributed by atoms with van der Waals surface area (Å²) in [5.41, 5.74) is -0.0621. The average Bonchev–Trinajstić information content (AvgIpc) is 2.83. The molecule has 0 aliphatic carbocycles. The van der Waals surface area contributed by atoms with Crippen LogP contribution in [0.25, 0.3) is 0 Å². The van der Waals surface area contributed by atoms with Crippen LogP contribution in [0.1, 0.15) is 12.7 Å². The zero-order valence-corrected chi connectivity index (χ0v) is 9.71. The highest BCUT2D eigenvalue weighted by Crippen LogP contribution is 2.21. The lowest BCUT2D eigenvalue weighted by atomic mass is 10.2. The van der Waals surface area contributed by atoms with Crippen molar-refractivity contribution in [2.24, 2.45) is 0 Å². The molecule has 0 spiro atoms. The first kappa shape index (κ1) is 12.5. The predicted molar refractivity (Wildman–Crippen MR) is 61.8 cm³/mol. The summed E-state index contributed by atoms with van der Waals surface area (Å²) < 4.78 is 44.3. The van der Waals surface area contributed by atoms with Crippen LogP contribution >= 0.6 is 0 Å². The second kappa shape index (κ2) is 5.16. The third-order valence-electron chi connectivity index (χ3n) is 2.52. The molecule has 5 heteroatoms. The topological polar surface area (TPSA) is 25.2 Å². The van der Waals surface area contributed by atoms with Gasteiger partial charge in [-0.3, -0.25) is 0 Å². The predicted octanol–water partition coefficient (Wildman–Crippen LogP) is 3.74. The van der Waals surface area contributed by atoms with Gasteiger partial charge in [0, 0.05) is 12.5 Å². The number of hydrogen-bond acceptors (Lipinski definition) is 2. The third-order valence-corrected chi connectivity index (χ3v) is 2.52. The standard InChI is InChI=1S/C13H12F3NO/c1-8(7-9-3-2-6-18-9)17-11-5-4-10(14)12(15)13(11)16/h2-6,8,17H,7H2,1H3. The maximum atomic E-state index is 13.4. The molecule has 1 unspecified atom stereocenters. The van der Waals surface area contributed by atoms with Gasteiger partial charge in [0.2, 0.25) is 0 Å². The van der Waals surface area contributed by atoms with Crippen LogP contribution in [0.4, 0.5) is 18.9 Å². The Balaban J connectivity index is 2.07. The zero-order chi connectivity index (χ0) is 13.1. The molecule has 0 aliphatic rings. The number of hydrogen-bond donors (Lipinski definition) is 1. The van der Waals surface area contributed by atoms with Gasteiger partial charge in [-0.05, 0) is 31.2 Å².